The molecule has 31 heavy (non-hydrogen) atoms. The molecule has 1 aromatic rings. The zero-order valence-corrected chi connectivity index (χ0v) is 20.9. The van der Waals surface area contributed by atoms with Gasteiger partial charge in [-0.2, -0.15) is 8.78 Å². The molecule has 0 aromatic heterocycles. The predicted octanol–water partition coefficient (Wildman–Crippen LogP) is 3.27. The van der Waals surface area contributed by atoms with E-state index in [1.807, 2.05) is 0 Å². The normalized spacial score (nSPS) is 15.3. The van der Waals surface area contributed by atoms with E-state index >= 15 is 0 Å². The van der Waals surface area contributed by atoms with Crippen molar-refractivity contribution in [3.63, 3.8) is 0 Å². The van der Waals surface area contributed by atoms with Crippen LogP contribution in [-0.4, -0.2) is 64.7 Å². The highest BCUT2D eigenvalue weighted by Crippen LogP contribution is 2.38. The lowest BCUT2D eigenvalue weighted by atomic mass is 9.84. The molecule has 0 atom stereocenters. The van der Waals surface area contributed by atoms with Crippen LogP contribution in [-0.2, 0) is 11.2 Å². The molecule has 1 amide bonds. The van der Waals surface area contributed by atoms with Gasteiger partial charge in [-0.15, -0.1) is 24.0 Å². The summed E-state index contributed by atoms with van der Waals surface area (Å²) in [5, 5.41) is 6.49. The molecule has 1 aliphatic rings. The smallest absolute Gasteiger partial charge is 0.387 e. The first-order valence-corrected chi connectivity index (χ1v) is 10.1. The molecule has 0 bridgehead atoms. The molecule has 0 unspecified atom stereocenters. The molecule has 0 radical (unpaired) electrons. The number of rotatable bonds is 9. The Balaban J connectivity index is 0.00000480. The molecule has 0 aliphatic heterocycles. The van der Waals surface area contributed by atoms with Crippen LogP contribution in [0.4, 0.5) is 8.78 Å². The van der Waals surface area contributed by atoms with Gasteiger partial charge in [0.15, 0.2) is 17.5 Å². The Morgan fingerprint density at radius 3 is 2.45 bits per heavy atom. The number of guanidine groups is 1. The average molecular weight is 554 g/mol. The lowest BCUT2D eigenvalue weighted by Gasteiger charge is -2.31. The Bertz CT molecular complexity index is 741. The lowest BCUT2D eigenvalue weighted by molar-refractivity contribution is -0.138. The van der Waals surface area contributed by atoms with Crippen LogP contribution in [0.1, 0.15) is 31.2 Å². The number of alkyl halides is 2. The number of methoxy groups -OCH3 is 1. The van der Waals surface area contributed by atoms with Gasteiger partial charge in [0, 0.05) is 34.2 Å². The summed E-state index contributed by atoms with van der Waals surface area (Å²) in [6.07, 6.45) is 4.41. The van der Waals surface area contributed by atoms with Crippen molar-refractivity contribution >= 4 is 35.8 Å². The lowest BCUT2D eigenvalue weighted by Crippen LogP contribution is -2.49. The van der Waals surface area contributed by atoms with Crippen LogP contribution in [0.5, 0.6) is 11.5 Å². The molecular formula is C21H33F2IN4O3. The fourth-order valence-electron chi connectivity index (χ4n) is 3.86. The van der Waals surface area contributed by atoms with Crippen LogP contribution in [0.3, 0.4) is 0 Å². The standard InChI is InChI=1S/C21H32F2N4O3.HI/c1-24-20(26-14-21(10-5-6-11-21)18(28)27(2)3)25-12-9-15-7-8-16(29-4)17(13-15)30-19(22)23;/h7-8,13,19H,5-6,9-12,14H2,1-4H3,(H2,24,25,26);1H. The summed E-state index contributed by atoms with van der Waals surface area (Å²) in [5.41, 5.74) is 0.433. The van der Waals surface area contributed by atoms with E-state index in [4.69, 9.17) is 4.74 Å². The molecule has 2 N–H and O–H groups in total. The van der Waals surface area contributed by atoms with Gasteiger partial charge in [-0.1, -0.05) is 18.9 Å². The summed E-state index contributed by atoms with van der Waals surface area (Å²) < 4.78 is 34.7. The van der Waals surface area contributed by atoms with Crippen molar-refractivity contribution in [3.05, 3.63) is 23.8 Å². The fourth-order valence-corrected chi connectivity index (χ4v) is 3.86. The van der Waals surface area contributed by atoms with Crippen molar-refractivity contribution in [2.45, 2.75) is 38.7 Å². The van der Waals surface area contributed by atoms with Crippen LogP contribution >= 0.6 is 24.0 Å². The Morgan fingerprint density at radius 2 is 1.90 bits per heavy atom. The zero-order valence-electron chi connectivity index (χ0n) is 18.5. The van der Waals surface area contributed by atoms with Gasteiger partial charge in [0.1, 0.15) is 0 Å². The third kappa shape index (κ3) is 7.65. The van der Waals surface area contributed by atoms with E-state index in [1.54, 1.807) is 44.2 Å². The number of nitrogens with one attached hydrogen (secondary N) is 2. The third-order valence-electron chi connectivity index (χ3n) is 5.39. The van der Waals surface area contributed by atoms with Crippen LogP contribution in [0, 0.1) is 5.41 Å². The van der Waals surface area contributed by atoms with E-state index in [0.29, 0.717) is 25.5 Å². The number of amides is 1. The van der Waals surface area contributed by atoms with Crippen molar-refractivity contribution in [1.82, 2.24) is 15.5 Å². The number of nitrogens with zero attached hydrogens (tertiary/aromatic N) is 2. The molecule has 0 heterocycles. The largest absolute Gasteiger partial charge is 0.493 e. The Kier molecular flexibility index (Phi) is 11.3. The van der Waals surface area contributed by atoms with Crippen molar-refractivity contribution in [2.24, 2.45) is 10.4 Å². The second kappa shape index (κ2) is 12.9. The number of benzene rings is 1. The summed E-state index contributed by atoms with van der Waals surface area (Å²) in [6.45, 7) is -1.85. The number of hydrogen-bond acceptors (Lipinski definition) is 4. The summed E-state index contributed by atoms with van der Waals surface area (Å²) in [5.74, 6) is 1.02. The first-order valence-electron chi connectivity index (χ1n) is 10.1. The molecule has 1 aliphatic carbocycles. The van der Waals surface area contributed by atoms with E-state index in [9.17, 15) is 13.6 Å². The van der Waals surface area contributed by atoms with Gasteiger partial charge in [0.25, 0.3) is 0 Å². The molecule has 2 rings (SSSR count). The number of halogens is 3. The highest BCUT2D eigenvalue weighted by atomic mass is 127. The van der Waals surface area contributed by atoms with E-state index in [2.05, 4.69) is 20.4 Å². The molecule has 176 valence electrons. The first-order chi connectivity index (χ1) is 14.3. The Labute approximate surface area is 200 Å². The van der Waals surface area contributed by atoms with Crippen LogP contribution in [0.15, 0.2) is 23.2 Å². The maximum Gasteiger partial charge on any atom is 0.387 e. The second-order valence-electron chi connectivity index (χ2n) is 7.65. The summed E-state index contributed by atoms with van der Waals surface area (Å²) in [7, 11) is 6.65. The van der Waals surface area contributed by atoms with Crippen molar-refractivity contribution < 1.29 is 23.0 Å². The second-order valence-corrected chi connectivity index (χ2v) is 7.65. The van der Waals surface area contributed by atoms with Gasteiger partial charge in [0.2, 0.25) is 5.91 Å². The van der Waals surface area contributed by atoms with Gasteiger partial charge in [-0.3, -0.25) is 9.79 Å². The van der Waals surface area contributed by atoms with Gasteiger partial charge < -0.3 is 25.0 Å². The fraction of sp³-hybridized carbons (Fsp3) is 0.619. The highest BCUT2D eigenvalue weighted by Gasteiger charge is 2.42. The summed E-state index contributed by atoms with van der Waals surface area (Å²) in [4.78, 5) is 18.6. The minimum Gasteiger partial charge on any atom is -0.493 e. The molecule has 0 spiro atoms. The van der Waals surface area contributed by atoms with Crippen molar-refractivity contribution in [3.8, 4) is 11.5 Å². The number of carbonyl (C=O) groups is 1. The number of hydrogen-bond donors (Lipinski definition) is 2. The quantitative estimate of drug-likeness (QED) is 0.279. The summed E-state index contributed by atoms with van der Waals surface area (Å²) >= 11 is 0. The minimum atomic E-state index is -2.91. The van der Waals surface area contributed by atoms with E-state index in [1.165, 1.54) is 7.11 Å². The van der Waals surface area contributed by atoms with E-state index < -0.39 is 12.0 Å². The molecule has 1 saturated carbocycles. The van der Waals surface area contributed by atoms with Gasteiger partial charge in [-0.25, -0.2) is 0 Å². The van der Waals surface area contributed by atoms with Crippen LogP contribution < -0.4 is 20.1 Å². The molecule has 10 heteroatoms. The maximum absolute atomic E-state index is 12.7. The van der Waals surface area contributed by atoms with E-state index in [0.717, 1.165) is 31.2 Å². The zero-order chi connectivity index (χ0) is 22.1. The monoisotopic (exact) mass is 554 g/mol. The topological polar surface area (TPSA) is 75.2 Å². The minimum absolute atomic E-state index is 0. The van der Waals surface area contributed by atoms with E-state index in [-0.39, 0.29) is 41.4 Å². The van der Waals surface area contributed by atoms with Crippen molar-refractivity contribution in [1.29, 1.82) is 0 Å². The molecule has 0 saturated heterocycles. The number of ether oxygens (including phenoxy) is 2. The SMILES string of the molecule is CN=C(NCCc1ccc(OC)c(OC(F)F)c1)NCC1(C(=O)N(C)C)CCCC1.I. The third-order valence-corrected chi connectivity index (χ3v) is 5.39. The van der Waals surface area contributed by atoms with Gasteiger partial charge >= 0.3 is 6.61 Å². The van der Waals surface area contributed by atoms with Gasteiger partial charge in [-0.05, 0) is 37.0 Å². The van der Waals surface area contributed by atoms with Crippen LogP contribution in [0.2, 0.25) is 0 Å². The summed E-state index contributed by atoms with van der Waals surface area (Å²) in [6, 6.07) is 4.96. The van der Waals surface area contributed by atoms with Gasteiger partial charge in [0.05, 0.1) is 12.5 Å². The predicted molar refractivity (Wildman–Crippen MR) is 128 cm³/mol. The Morgan fingerprint density at radius 1 is 1.23 bits per heavy atom. The first kappa shape index (κ1) is 27.2. The average Bonchev–Trinajstić information content (AvgIpc) is 3.19. The van der Waals surface area contributed by atoms with Crippen LogP contribution in [0.25, 0.3) is 0 Å². The molecule has 1 fully saturated rings. The maximum atomic E-state index is 12.7. The molecule has 7 nitrogen and oxygen atoms in total. The number of aliphatic imine (C=N–C) groups is 1. The Hall–Kier alpha value is -1.85. The highest BCUT2D eigenvalue weighted by molar-refractivity contribution is 14.0. The molecular weight excluding hydrogens is 521 g/mol. The molecule has 1 aromatic carbocycles. The van der Waals surface area contributed by atoms with Crippen molar-refractivity contribution in [2.75, 3.05) is 41.3 Å². The number of carbonyl (C=O) groups excluding carboxylic acids is 1.